The lowest BCUT2D eigenvalue weighted by Crippen LogP contribution is -2.71. The van der Waals surface area contributed by atoms with E-state index in [0.29, 0.717) is 11.3 Å². The Morgan fingerprint density at radius 3 is 2.79 bits per heavy atom. The number of carbonyl (C=O) groups excluding carboxylic acids is 3. The van der Waals surface area contributed by atoms with Crippen LogP contribution in [0.2, 0.25) is 0 Å². The predicted octanol–water partition coefficient (Wildman–Crippen LogP) is -0.424. The Balaban J connectivity index is 1.39. The van der Waals surface area contributed by atoms with Gasteiger partial charge < -0.3 is 25.8 Å². The van der Waals surface area contributed by atoms with Gasteiger partial charge in [-0.25, -0.2) is 4.98 Å². The molecule has 0 unspecified atom stereocenters. The largest absolute Gasteiger partial charge is 0.543 e. The third kappa shape index (κ3) is 4.28. The predicted molar refractivity (Wildman–Crippen MR) is 140 cm³/mol. The molecule has 198 valence electrons. The number of nitrogens with two attached hydrogens (primary N) is 1. The van der Waals surface area contributed by atoms with E-state index in [9.17, 15) is 19.5 Å². The van der Waals surface area contributed by atoms with Gasteiger partial charge in [-0.2, -0.15) is 4.68 Å². The number of carboxylic acid groups (broad SMARTS) is 1. The number of oxime groups is 1. The Bertz CT molecular complexity index is 1560. The molecule has 3 aromatic rings. The summed E-state index contributed by atoms with van der Waals surface area (Å²) in [6.07, 6.45) is 1.98. The Hall–Kier alpha value is -3.91. The number of aromatic nitrogens is 3. The van der Waals surface area contributed by atoms with E-state index in [1.807, 2.05) is 36.5 Å². The first-order chi connectivity index (χ1) is 18.1. The molecule has 38 heavy (non-hydrogen) atoms. The second-order valence-corrected chi connectivity index (χ2v) is 11.1. The molecule has 0 radical (unpaired) electrons. The van der Waals surface area contributed by atoms with E-state index in [0.717, 1.165) is 33.4 Å². The fraction of sp³-hybridized carbons (Fsp3) is 0.333. The van der Waals surface area contributed by atoms with Gasteiger partial charge in [-0.05, 0) is 31.0 Å². The number of thioether (sulfide) groups is 1. The summed E-state index contributed by atoms with van der Waals surface area (Å²) in [5.74, 6) is -2.32. The highest BCUT2D eigenvalue weighted by molar-refractivity contribution is 8.00. The van der Waals surface area contributed by atoms with Gasteiger partial charge in [0.1, 0.15) is 29.7 Å². The number of nitrogens with one attached hydrogen (secondary N) is 1. The van der Waals surface area contributed by atoms with Gasteiger partial charge in [0.25, 0.3) is 11.8 Å². The number of fused-ring (bicyclic) bond motifs is 2. The first-order valence-corrected chi connectivity index (χ1v) is 13.5. The second-order valence-electron chi connectivity index (χ2n) is 9.06. The molecule has 12 nitrogen and oxygen atoms in total. The smallest absolute Gasteiger partial charge is 0.276 e. The summed E-state index contributed by atoms with van der Waals surface area (Å²) < 4.78 is 3.89. The van der Waals surface area contributed by atoms with Gasteiger partial charge in [0.2, 0.25) is 6.20 Å². The molecule has 2 aliphatic heterocycles. The van der Waals surface area contributed by atoms with Crippen LogP contribution in [0.3, 0.4) is 0 Å². The molecule has 14 heteroatoms. The maximum atomic E-state index is 13.1. The van der Waals surface area contributed by atoms with Gasteiger partial charge in [-0.3, -0.25) is 14.5 Å². The number of amides is 2. The molecule has 5 rings (SSSR count). The van der Waals surface area contributed by atoms with Gasteiger partial charge in [0.15, 0.2) is 17.4 Å². The van der Waals surface area contributed by atoms with Crippen molar-refractivity contribution in [3.63, 3.8) is 0 Å². The maximum Gasteiger partial charge on any atom is 0.276 e. The third-order valence-electron chi connectivity index (χ3n) is 6.56. The number of rotatable bonds is 7. The van der Waals surface area contributed by atoms with Crippen LogP contribution in [0.15, 0.2) is 40.1 Å². The number of β-lactam (4-membered cyclic amide) rings is 1. The molecule has 2 atom stereocenters. The average molecular weight is 556 g/mol. The van der Waals surface area contributed by atoms with Crippen LogP contribution in [0.4, 0.5) is 5.13 Å². The molecule has 0 aliphatic carbocycles. The molecule has 0 bridgehead atoms. The summed E-state index contributed by atoms with van der Waals surface area (Å²) >= 11 is 2.50. The number of nitrogen functional groups attached to an aromatic ring is 1. The number of nitrogens with zero attached hydrogens (tertiary/aromatic N) is 5. The van der Waals surface area contributed by atoms with Crippen LogP contribution >= 0.6 is 23.1 Å². The lowest BCUT2D eigenvalue weighted by atomic mass is 10.0. The van der Waals surface area contributed by atoms with Crippen molar-refractivity contribution in [3.05, 3.63) is 51.8 Å². The minimum absolute atomic E-state index is 0.137. The monoisotopic (exact) mass is 555 g/mol. The van der Waals surface area contributed by atoms with Crippen molar-refractivity contribution in [1.82, 2.24) is 19.9 Å². The lowest BCUT2D eigenvalue weighted by molar-refractivity contribution is -0.764. The highest BCUT2D eigenvalue weighted by atomic mass is 32.2. The normalized spacial score (nSPS) is 19.4. The van der Waals surface area contributed by atoms with E-state index in [4.69, 9.17) is 10.6 Å². The number of hydrogen-bond donors (Lipinski definition) is 2. The van der Waals surface area contributed by atoms with E-state index in [-0.39, 0.29) is 28.8 Å². The van der Waals surface area contributed by atoms with E-state index >= 15 is 0 Å². The van der Waals surface area contributed by atoms with E-state index in [2.05, 4.69) is 27.6 Å². The van der Waals surface area contributed by atoms with Crippen LogP contribution in [-0.4, -0.2) is 62.3 Å². The molecular formula is C24H25N7O5S2. The van der Waals surface area contributed by atoms with Gasteiger partial charge in [-0.15, -0.1) is 27.8 Å². The Morgan fingerprint density at radius 1 is 1.37 bits per heavy atom. The number of carbonyl (C=O) groups is 3. The van der Waals surface area contributed by atoms with Crippen LogP contribution in [0.1, 0.15) is 16.8 Å². The number of benzene rings is 1. The van der Waals surface area contributed by atoms with Crippen LogP contribution in [0.5, 0.6) is 0 Å². The molecule has 0 spiro atoms. The summed E-state index contributed by atoms with van der Waals surface area (Å²) in [6.45, 7) is 4.33. The summed E-state index contributed by atoms with van der Waals surface area (Å²) in [5, 5.41) is 20.9. The molecule has 4 heterocycles. The zero-order valence-electron chi connectivity index (χ0n) is 21.0. The van der Waals surface area contributed by atoms with E-state index < -0.39 is 29.2 Å². The number of anilines is 1. The number of hydrogen-bond acceptors (Lipinski definition) is 10. The summed E-state index contributed by atoms with van der Waals surface area (Å²) in [6, 6.07) is 3.22. The standard InChI is InChI=1S/C24H25N7O5S2/c1-11-5-12(2)14-8-30(29(3)16(14)6-11)7-13-9-37-22-18(21(33)31(22)19(13)23(34)35)27-20(32)17(28-36-4)15-10-38-24(25)26-15/h5-6,8,10,18,22H,7,9H2,1-4H3,(H3-,25,26,27,32,34,35)/b28-17-/t18-,22-/m1/s1. The fourth-order valence-electron chi connectivity index (χ4n) is 4.81. The fourth-order valence-corrected chi connectivity index (χ4v) is 6.69. The molecule has 0 saturated carbocycles. The van der Waals surface area contributed by atoms with Crippen LogP contribution in [-0.2, 0) is 32.8 Å². The zero-order valence-corrected chi connectivity index (χ0v) is 22.7. The van der Waals surface area contributed by atoms with Crippen molar-refractivity contribution in [2.24, 2.45) is 12.2 Å². The minimum atomic E-state index is -1.44. The Labute approximate surface area is 225 Å². The Kier molecular flexibility index (Phi) is 6.61. The quantitative estimate of drug-likeness (QED) is 0.172. The minimum Gasteiger partial charge on any atom is -0.543 e. The lowest BCUT2D eigenvalue weighted by Gasteiger charge is -2.50. The number of carboxylic acids is 1. The van der Waals surface area contributed by atoms with Gasteiger partial charge in [0, 0.05) is 16.7 Å². The number of thiazole rings is 1. The van der Waals surface area contributed by atoms with Crippen LogP contribution < -0.4 is 20.8 Å². The first kappa shape index (κ1) is 25.7. The van der Waals surface area contributed by atoms with Crippen molar-refractivity contribution in [2.75, 3.05) is 18.6 Å². The highest BCUT2D eigenvalue weighted by Crippen LogP contribution is 2.40. The summed E-state index contributed by atoms with van der Waals surface area (Å²) in [4.78, 5) is 48.3. The average Bonchev–Trinajstić information content (AvgIpc) is 3.43. The van der Waals surface area contributed by atoms with Crippen molar-refractivity contribution < 1.29 is 29.0 Å². The number of aryl methyl sites for hydroxylation is 3. The molecule has 2 aliphatic rings. The van der Waals surface area contributed by atoms with Crippen molar-refractivity contribution in [3.8, 4) is 0 Å². The molecule has 1 saturated heterocycles. The number of aliphatic carboxylic acids is 1. The SMILES string of the molecule is CO/N=C(\C(=O)N[C@@H]1C(=O)N2C(C(=O)[O-])=C(C[n+]3cc4c(C)cc(C)cc4n3C)CS[C@H]12)c1csc(N)n1. The van der Waals surface area contributed by atoms with Gasteiger partial charge >= 0.3 is 0 Å². The van der Waals surface area contributed by atoms with E-state index in [1.165, 1.54) is 23.8 Å². The molecule has 1 fully saturated rings. The zero-order chi connectivity index (χ0) is 27.3. The summed E-state index contributed by atoms with van der Waals surface area (Å²) in [5.41, 5.74) is 9.40. The van der Waals surface area contributed by atoms with Crippen LogP contribution in [0, 0.1) is 13.8 Å². The Morgan fingerprint density at radius 2 is 2.13 bits per heavy atom. The molecule has 2 aromatic heterocycles. The molecule has 3 N–H and O–H groups in total. The maximum absolute atomic E-state index is 13.1. The van der Waals surface area contributed by atoms with Crippen molar-refractivity contribution in [1.29, 1.82) is 0 Å². The van der Waals surface area contributed by atoms with Gasteiger partial charge in [-0.1, -0.05) is 11.2 Å². The highest BCUT2D eigenvalue weighted by Gasteiger charge is 2.53. The van der Waals surface area contributed by atoms with Crippen LogP contribution in [0.25, 0.3) is 10.9 Å². The van der Waals surface area contributed by atoms with Gasteiger partial charge in [0.05, 0.1) is 24.1 Å². The second kappa shape index (κ2) is 9.76. The van der Waals surface area contributed by atoms with Crippen molar-refractivity contribution in [2.45, 2.75) is 31.8 Å². The molecule has 2 amide bonds. The van der Waals surface area contributed by atoms with E-state index in [1.54, 1.807) is 5.38 Å². The molecular weight excluding hydrogens is 530 g/mol. The van der Waals surface area contributed by atoms with Crippen molar-refractivity contribution >= 4 is 62.6 Å². The summed E-state index contributed by atoms with van der Waals surface area (Å²) in [7, 11) is 3.19. The topological polar surface area (TPSA) is 159 Å². The first-order valence-electron chi connectivity index (χ1n) is 11.6. The molecule has 1 aromatic carbocycles. The third-order valence-corrected chi connectivity index (χ3v) is 8.58.